The van der Waals surface area contributed by atoms with E-state index in [1.807, 2.05) is 6.07 Å². The third-order valence-corrected chi connectivity index (χ3v) is 2.67. The van der Waals surface area contributed by atoms with Crippen molar-refractivity contribution in [3.8, 4) is 6.07 Å². The molecule has 0 spiro atoms. The molecule has 0 radical (unpaired) electrons. The van der Waals surface area contributed by atoms with Gasteiger partial charge in [0, 0.05) is 18.3 Å². The summed E-state index contributed by atoms with van der Waals surface area (Å²) < 4.78 is 0. The van der Waals surface area contributed by atoms with Gasteiger partial charge in [-0.05, 0) is 18.1 Å². The second kappa shape index (κ2) is 5.85. The van der Waals surface area contributed by atoms with E-state index < -0.39 is 4.92 Å². The second-order valence-corrected chi connectivity index (χ2v) is 4.00. The van der Waals surface area contributed by atoms with Crippen molar-refractivity contribution >= 4 is 11.4 Å². The molecular weight excluding hydrogens is 218 g/mol. The average Bonchev–Trinajstić information content (AvgIpc) is 2.35. The zero-order valence-electron chi connectivity index (χ0n) is 9.93. The third-order valence-electron chi connectivity index (χ3n) is 2.67. The maximum atomic E-state index is 10.8. The van der Waals surface area contributed by atoms with Crippen LogP contribution in [0.5, 0.6) is 0 Å². The van der Waals surface area contributed by atoms with Gasteiger partial charge in [0.1, 0.15) is 11.6 Å². The van der Waals surface area contributed by atoms with Gasteiger partial charge in [0.2, 0.25) is 0 Å². The summed E-state index contributed by atoms with van der Waals surface area (Å²) in [6, 6.07) is 6.37. The zero-order chi connectivity index (χ0) is 12.8. The summed E-state index contributed by atoms with van der Waals surface area (Å²) >= 11 is 0. The van der Waals surface area contributed by atoms with Crippen molar-refractivity contribution in [2.45, 2.75) is 20.3 Å². The van der Waals surface area contributed by atoms with Gasteiger partial charge in [-0.3, -0.25) is 10.1 Å². The lowest BCUT2D eigenvalue weighted by molar-refractivity contribution is -0.385. The van der Waals surface area contributed by atoms with Gasteiger partial charge < -0.3 is 5.32 Å². The highest BCUT2D eigenvalue weighted by Crippen LogP contribution is 2.22. The standard InChI is InChI=1S/C12H15N3O2/c1-3-9(2)8-14-11-5-4-10(7-13)12(6-11)15(16)17/h4-6,9,14H,3,8H2,1-2H3. The van der Waals surface area contributed by atoms with Gasteiger partial charge in [0.15, 0.2) is 0 Å². The highest BCUT2D eigenvalue weighted by Gasteiger charge is 2.14. The van der Waals surface area contributed by atoms with Crippen LogP contribution in [-0.2, 0) is 0 Å². The molecule has 0 heterocycles. The number of nitro benzene ring substituents is 1. The molecule has 0 aliphatic rings. The maximum Gasteiger partial charge on any atom is 0.289 e. The van der Waals surface area contributed by atoms with Crippen molar-refractivity contribution in [3.05, 3.63) is 33.9 Å². The Morgan fingerprint density at radius 3 is 2.82 bits per heavy atom. The smallest absolute Gasteiger partial charge is 0.289 e. The number of nitriles is 1. The van der Waals surface area contributed by atoms with E-state index in [0.29, 0.717) is 11.6 Å². The minimum Gasteiger partial charge on any atom is -0.385 e. The van der Waals surface area contributed by atoms with Crippen LogP contribution >= 0.6 is 0 Å². The molecule has 17 heavy (non-hydrogen) atoms. The van der Waals surface area contributed by atoms with Gasteiger partial charge in [0.25, 0.3) is 5.69 Å². The molecule has 1 aromatic carbocycles. The fourth-order valence-electron chi connectivity index (χ4n) is 1.32. The van der Waals surface area contributed by atoms with E-state index in [1.165, 1.54) is 12.1 Å². The van der Waals surface area contributed by atoms with Gasteiger partial charge in [-0.15, -0.1) is 0 Å². The molecule has 1 rings (SSSR count). The molecule has 0 bridgehead atoms. The van der Waals surface area contributed by atoms with Gasteiger partial charge >= 0.3 is 0 Å². The largest absolute Gasteiger partial charge is 0.385 e. The Kier molecular flexibility index (Phi) is 4.46. The molecule has 1 aromatic rings. The van der Waals surface area contributed by atoms with E-state index in [-0.39, 0.29) is 11.3 Å². The Hall–Kier alpha value is -2.09. The van der Waals surface area contributed by atoms with Crippen molar-refractivity contribution < 1.29 is 4.92 Å². The summed E-state index contributed by atoms with van der Waals surface area (Å²) in [6.07, 6.45) is 1.05. The Balaban J connectivity index is 2.86. The van der Waals surface area contributed by atoms with E-state index in [9.17, 15) is 10.1 Å². The van der Waals surface area contributed by atoms with Crippen LogP contribution in [0.2, 0.25) is 0 Å². The average molecular weight is 233 g/mol. The molecule has 0 aliphatic heterocycles. The molecule has 0 fully saturated rings. The van der Waals surface area contributed by atoms with Crippen LogP contribution < -0.4 is 5.32 Å². The van der Waals surface area contributed by atoms with Crippen LogP contribution in [0.1, 0.15) is 25.8 Å². The Morgan fingerprint density at radius 2 is 2.29 bits per heavy atom. The second-order valence-electron chi connectivity index (χ2n) is 4.00. The number of rotatable bonds is 5. The number of hydrogen-bond donors (Lipinski definition) is 1. The monoisotopic (exact) mass is 233 g/mol. The first kappa shape index (κ1) is 13.0. The Labute approximate surface area is 100 Å². The van der Waals surface area contributed by atoms with Crippen LogP contribution in [-0.4, -0.2) is 11.5 Å². The Morgan fingerprint density at radius 1 is 1.59 bits per heavy atom. The van der Waals surface area contributed by atoms with E-state index in [4.69, 9.17) is 5.26 Å². The lowest BCUT2D eigenvalue weighted by atomic mass is 10.1. The molecule has 0 aliphatic carbocycles. The predicted octanol–water partition coefficient (Wildman–Crippen LogP) is 2.92. The van der Waals surface area contributed by atoms with Crippen molar-refractivity contribution in [3.63, 3.8) is 0 Å². The molecule has 5 heteroatoms. The molecule has 1 unspecified atom stereocenters. The molecule has 5 nitrogen and oxygen atoms in total. The number of anilines is 1. The summed E-state index contributed by atoms with van der Waals surface area (Å²) in [5, 5.41) is 22.6. The lowest BCUT2D eigenvalue weighted by Gasteiger charge is -2.11. The van der Waals surface area contributed by atoms with Crippen LogP contribution in [0.3, 0.4) is 0 Å². The summed E-state index contributed by atoms with van der Waals surface area (Å²) in [4.78, 5) is 10.2. The van der Waals surface area contributed by atoms with Gasteiger partial charge in [0.05, 0.1) is 4.92 Å². The van der Waals surface area contributed by atoms with E-state index in [2.05, 4.69) is 19.2 Å². The summed E-state index contributed by atoms with van der Waals surface area (Å²) in [5.74, 6) is 0.504. The molecule has 0 amide bonds. The topological polar surface area (TPSA) is 79.0 Å². The van der Waals surface area contributed by atoms with Crippen LogP contribution in [0, 0.1) is 27.4 Å². The highest BCUT2D eigenvalue weighted by atomic mass is 16.6. The molecule has 0 saturated carbocycles. The SMILES string of the molecule is CCC(C)CNc1ccc(C#N)c([N+](=O)[O-])c1. The van der Waals surface area contributed by atoms with E-state index in [0.717, 1.165) is 13.0 Å². The van der Waals surface area contributed by atoms with Gasteiger partial charge in [-0.2, -0.15) is 5.26 Å². The maximum absolute atomic E-state index is 10.8. The summed E-state index contributed by atoms with van der Waals surface area (Å²) in [5.41, 5.74) is 0.613. The number of benzene rings is 1. The predicted molar refractivity (Wildman–Crippen MR) is 65.8 cm³/mol. The number of nitro groups is 1. The van der Waals surface area contributed by atoms with Crippen LogP contribution in [0.15, 0.2) is 18.2 Å². The van der Waals surface area contributed by atoms with Crippen LogP contribution in [0.25, 0.3) is 0 Å². The van der Waals surface area contributed by atoms with Crippen molar-refractivity contribution in [1.82, 2.24) is 0 Å². The van der Waals surface area contributed by atoms with Crippen molar-refractivity contribution in [2.75, 3.05) is 11.9 Å². The molecule has 0 aromatic heterocycles. The Bertz CT molecular complexity index is 452. The first-order valence-electron chi connectivity index (χ1n) is 5.50. The third kappa shape index (κ3) is 3.45. The summed E-state index contributed by atoms with van der Waals surface area (Å²) in [7, 11) is 0. The van der Waals surface area contributed by atoms with Gasteiger partial charge in [-0.1, -0.05) is 20.3 Å². The normalized spacial score (nSPS) is 11.6. The number of hydrogen-bond acceptors (Lipinski definition) is 4. The van der Waals surface area contributed by atoms with Gasteiger partial charge in [-0.25, -0.2) is 0 Å². The zero-order valence-corrected chi connectivity index (χ0v) is 9.93. The lowest BCUT2D eigenvalue weighted by Crippen LogP contribution is -2.10. The number of nitrogens with zero attached hydrogens (tertiary/aromatic N) is 2. The molecule has 1 atom stereocenters. The molecule has 0 saturated heterocycles. The minimum atomic E-state index is -0.535. The fourth-order valence-corrected chi connectivity index (χ4v) is 1.32. The molecule has 90 valence electrons. The quantitative estimate of drug-likeness (QED) is 0.626. The first-order chi connectivity index (χ1) is 8.08. The molecular formula is C12H15N3O2. The fraction of sp³-hybridized carbons (Fsp3) is 0.417. The minimum absolute atomic E-state index is 0.0871. The van der Waals surface area contributed by atoms with Crippen LogP contribution in [0.4, 0.5) is 11.4 Å². The van der Waals surface area contributed by atoms with E-state index in [1.54, 1.807) is 6.07 Å². The first-order valence-corrected chi connectivity index (χ1v) is 5.50. The van der Waals surface area contributed by atoms with Crippen molar-refractivity contribution in [2.24, 2.45) is 5.92 Å². The number of nitrogens with one attached hydrogen (secondary N) is 1. The highest BCUT2D eigenvalue weighted by molar-refractivity contribution is 5.59. The van der Waals surface area contributed by atoms with E-state index >= 15 is 0 Å². The summed E-state index contributed by atoms with van der Waals surface area (Å²) in [6.45, 7) is 4.96. The molecule has 1 N–H and O–H groups in total. The van der Waals surface area contributed by atoms with Crippen molar-refractivity contribution in [1.29, 1.82) is 5.26 Å².